The molecule has 2 amide bonds. The highest BCUT2D eigenvalue weighted by Crippen LogP contribution is 2.41. The van der Waals surface area contributed by atoms with Crippen LogP contribution in [-0.2, 0) is 9.59 Å². The smallest absolute Gasteiger partial charge is 0.268 e. The summed E-state index contributed by atoms with van der Waals surface area (Å²) in [4.78, 5) is 28.9. The van der Waals surface area contributed by atoms with E-state index in [0.29, 0.717) is 16.0 Å². The number of imide groups is 1. The predicted molar refractivity (Wildman–Crippen MR) is 114 cm³/mol. The number of halogens is 1. The van der Waals surface area contributed by atoms with Gasteiger partial charge in [-0.2, -0.15) is 0 Å². The molecule has 1 aliphatic heterocycles. The SMILES string of the molecule is Cc1ccc(C2=C(Sc3ccccc3)C(=O)N(c3cccc(F)c3)C2=O)cc1C. The van der Waals surface area contributed by atoms with Gasteiger partial charge in [0, 0.05) is 4.90 Å². The summed E-state index contributed by atoms with van der Waals surface area (Å²) >= 11 is 1.25. The summed E-state index contributed by atoms with van der Waals surface area (Å²) in [5.41, 5.74) is 3.39. The molecule has 29 heavy (non-hydrogen) atoms. The van der Waals surface area contributed by atoms with E-state index in [1.807, 2.05) is 62.4 Å². The van der Waals surface area contributed by atoms with Crippen LogP contribution in [0.5, 0.6) is 0 Å². The van der Waals surface area contributed by atoms with Gasteiger partial charge in [0.2, 0.25) is 0 Å². The van der Waals surface area contributed by atoms with Crippen molar-refractivity contribution in [3.8, 4) is 0 Å². The number of hydrogen-bond acceptors (Lipinski definition) is 3. The van der Waals surface area contributed by atoms with E-state index in [4.69, 9.17) is 0 Å². The van der Waals surface area contributed by atoms with E-state index >= 15 is 0 Å². The molecule has 1 heterocycles. The maximum absolute atomic E-state index is 13.8. The summed E-state index contributed by atoms with van der Waals surface area (Å²) in [5.74, 6) is -1.38. The Balaban J connectivity index is 1.85. The third kappa shape index (κ3) is 3.61. The van der Waals surface area contributed by atoms with Crippen molar-refractivity contribution in [3.05, 3.63) is 100 Å². The highest BCUT2D eigenvalue weighted by Gasteiger charge is 2.40. The van der Waals surface area contributed by atoms with E-state index in [1.165, 1.54) is 30.0 Å². The number of hydrogen-bond donors (Lipinski definition) is 0. The molecule has 0 radical (unpaired) electrons. The zero-order valence-electron chi connectivity index (χ0n) is 16.0. The third-order valence-corrected chi connectivity index (χ3v) is 5.96. The lowest BCUT2D eigenvalue weighted by molar-refractivity contribution is -0.119. The van der Waals surface area contributed by atoms with E-state index in [9.17, 15) is 14.0 Å². The predicted octanol–water partition coefficient (Wildman–Crippen LogP) is 5.52. The van der Waals surface area contributed by atoms with Crippen LogP contribution in [0.4, 0.5) is 10.1 Å². The lowest BCUT2D eigenvalue weighted by Crippen LogP contribution is -2.31. The highest BCUT2D eigenvalue weighted by atomic mass is 32.2. The number of anilines is 1. The molecule has 0 saturated heterocycles. The average molecular weight is 403 g/mol. The Morgan fingerprint density at radius 1 is 0.793 bits per heavy atom. The molecule has 3 nitrogen and oxygen atoms in total. The minimum absolute atomic E-state index is 0.227. The summed E-state index contributed by atoms with van der Waals surface area (Å²) in [6, 6.07) is 20.7. The van der Waals surface area contributed by atoms with Crippen molar-refractivity contribution >= 4 is 34.8 Å². The summed E-state index contributed by atoms with van der Waals surface area (Å²) in [6.45, 7) is 3.96. The maximum Gasteiger partial charge on any atom is 0.272 e. The monoisotopic (exact) mass is 403 g/mol. The van der Waals surface area contributed by atoms with Gasteiger partial charge in [0.15, 0.2) is 0 Å². The van der Waals surface area contributed by atoms with Gasteiger partial charge in [0.05, 0.1) is 16.2 Å². The number of aryl methyl sites for hydroxylation is 2. The Kier molecular flexibility index (Phi) is 5.07. The minimum atomic E-state index is -0.500. The van der Waals surface area contributed by atoms with Crippen LogP contribution in [0.2, 0.25) is 0 Å². The summed E-state index contributed by atoms with van der Waals surface area (Å²) in [7, 11) is 0. The molecule has 0 atom stereocenters. The minimum Gasteiger partial charge on any atom is -0.268 e. The second-order valence-electron chi connectivity index (χ2n) is 6.84. The van der Waals surface area contributed by atoms with Crippen molar-refractivity contribution in [2.75, 3.05) is 4.90 Å². The average Bonchev–Trinajstić information content (AvgIpc) is 2.95. The first-order chi connectivity index (χ1) is 14.0. The second-order valence-corrected chi connectivity index (χ2v) is 7.93. The molecular weight excluding hydrogens is 385 g/mol. The molecule has 0 unspecified atom stereocenters. The zero-order valence-corrected chi connectivity index (χ0v) is 16.8. The van der Waals surface area contributed by atoms with E-state index in [0.717, 1.165) is 20.9 Å². The van der Waals surface area contributed by atoms with Crippen molar-refractivity contribution in [3.63, 3.8) is 0 Å². The fraction of sp³-hybridized carbons (Fsp3) is 0.0833. The van der Waals surface area contributed by atoms with Gasteiger partial charge in [-0.3, -0.25) is 9.59 Å². The van der Waals surface area contributed by atoms with Crippen LogP contribution < -0.4 is 4.90 Å². The van der Waals surface area contributed by atoms with Gasteiger partial charge in [-0.25, -0.2) is 9.29 Å². The van der Waals surface area contributed by atoms with Crippen molar-refractivity contribution < 1.29 is 14.0 Å². The van der Waals surface area contributed by atoms with Gasteiger partial charge >= 0.3 is 0 Å². The number of nitrogens with zero attached hydrogens (tertiary/aromatic N) is 1. The number of rotatable bonds is 4. The van der Waals surface area contributed by atoms with Gasteiger partial charge < -0.3 is 0 Å². The molecule has 3 aromatic carbocycles. The van der Waals surface area contributed by atoms with Crippen LogP contribution in [-0.4, -0.2) is 11.8 Å². The van der Waals surface area contributed by atoms with Crippen LogP contribution in [0.1, 0.15) is 16.7 Å². The Labute approximate surface area is 172 Å². The molecule has 0 saturated carbocycles. The largest absolute Gasteiger partial charge is 0.272 e. The van der Waals surface area contributed by atoms with E-state index in [-0.39, 0.29) is 5.69 Å². The van der Waals surface area contributed by atoms with E-state index in [2.05, 4.69) is 0 Å². The summed E-state index contributed by atoms with van der Waals surface area (Å²) in [6.07, 6.45) is 0. The lowest BCUT2D eigenvalue weighted by atomic mass is 10.0. The second kappa shape index (κ2) is 7.68. The molecule has 0 aliphatic carbocycles. The van der Waals surface area contributed by atoms with Gasteiger partial charge in [0.1, 0.15) is 5.82 Å². The third-order valence-electron chi connectivity index (χ3n) is 4.87. The van der Waals surface area contributed by atoms with Crippen molar-refractivity contribution in [2.24, 2.45) is 0 Å². The molecule has 4 rings (SSSR count). The number of carbonyl (C=O) groups is 2. The van der Waals surface area contributed by atoms with Crippen LogP contribution in [0.3, 0.4) is 0 Å². The number of benzene rings is 3. The van der Waals surface area contributed by atoms with Gasteiger partial charge in [0.25, 0.3) is 11.8 Å². The van der Waals surface area contributed by atoms with Crippen molar-refractivity contribution in [1.82, 2.24) is 0 Å². The van der Waals surface area contributed by atoms with Crippen molar-refractivity contribution in [2.45, 2.75) is 18.7 Å². The lowest BCUT2D eigenvalue weighted by Gasteiger charge is -2.15. The Hall–Kier alpha value is -3.18. The van der Waals surface area contributed by atoms with Gasteiger partial charge in [-0.15, -0.1) is 0 Å². The first kappa shape index (κ1) is 19.2. The van der Waals surface area contributed by atoms with Crippen LogP contribution in [0, 0.1) is 19.7 Å². The number of carbonyl (C=O) groups excluding carboxylic acids is 2. The summed E-state index contributed by atoms with van der Waals surface area (Å²) in [5, 5.41) is 0. The molecule has 144 valence electrons. The highest BCUT2D eigenvalue weighted by molar-refractivity contribution is 8.04. The van der Waals surface area contributed by atoms with Gasteiger partial charge in [-0.1, -0.05) is 54.2 Å². The normalized spacial score (nSPS) is 14.1. The standard InChI is InChI=1S/C24H18FNO2S/c1-15-11-12-17(13-16(15)2)21-22(29-20-9-4-3-5-10-20)24(28)26(23(21)27)19-8-6-7-18(25)14-19/h3-14H,1-2H3. The maximum atomic E-state index is 13.8. The molecule has 0 spiro atoms. The first-order valence-electron chi connectivity index (χ1n) is 9.15. The van der Waals surface area contributed by atoms with Crippen LogP contribution in [0.25, 0.3) is 5.57 Å². The number of amides is 2. The fourth-order valence-electron chi connectivity index (χ4n) is 3.21. The Morgan fingerprint density at radius 3 is 2.24 bits per heavy atom. The molecule has 0 N–H and O–H groups in total. The van der Waals surface area contributed by atoms with E-state index < -0.39 is 17.6 Å². The quantitative estimate of drug-likeness (QED) is 0.538. The van der Waals surface area contributed by atoms with Crippen LogP contribution in [0.15, 0.2) is 82.6 Å². The Morgan fingerprint density at radius 2 is 1.55 bits per heavy atom. The fourth-order valence-corrected chi connectivity index (χ4v) is 4.23. The van der Waals surface area contributed by atoms with Gasteiger partial charge in [-0.05, 0) is 60.9 Å². The molecule has 0 fully saturated rings. The molecule has 5 heteroatoms. The Bertz CT molecular complexity index is 1150. The van der Waals surface area contributed by atoms with E-state index in [1.54, 1.807) is 6.07 Å². The number of thioether (sulfide) groups is 1. The summed E-state index contributed by atoms with van der Waals surface area (Å²) < 4.78 is 13.8. The van der Waals surface area contributed by atoms with Crippen LogP contribution >= 0.6 is 11.8 Å². The zero-order chi connectivity index (χ0) is 20.5. The molecule has 0 aromatic heterocycles. The molecular formula is C24H18FNO2S. The first-order valence-corrected chi connectivity index (χ1v) is 9.96. The molecule has 1 aliphatic rings. The van der Waals surface area contributed by atoms with Crippen molar-refractivity contribution in [1.29, 1.82) is 0 Å². The topological polar surface area (TPSA) is 37.4 Å². The molecule has 0 bridgehead atoms. The molecule has 3 aromatic rings.